The lowest BCUT2D eigenvalue weighted by Crippen LogP contribution is -2.26. The molecule has 6 rings (SSSR count). The molecule has 236 valence electrons. The summed E-state index contributed by atoms with van der Waals surface area (Å²) >= 11 is 0. The van der Waals surface area contributed by atoms with Crippen LogP contribution in [0, 0.1) is 12.7 Å². The summed E-state index contributed by atoms with van der Waals surface area (Å²) in [4.78, 5) is 32.5. The fourth-order valence-electron chi connectivity index (χ4n) is 5.46. The molecule has 0 radical (unpaired) electrons. The summed E-state index contributed by atoms with van der Waals surface area (Å²) in [6, 6.07) is 19.4. The van der Waals surface area contributed by atoms with Crippen molar-refractivity contribution in [3.8, 4) is 28.7 Å². The van der Waals surface area contributed by atoms with Gasteiger partial charge in [-0.3, -0.25) is 14.6 Å². The molecule has 1 N–H and O–H groups in total. The third-order valence-electron chi connectivity index (χ3n) is 7.81. The van der Waals surface area contributed by atoms with E-state index >= 15 is 4.39 Å². The Labute approximate surface area is 265 Å². The number of carbonyl (C=O) groups excluding carboxylic acids is 1. The van der Waals surface area contributed by atoms with Gasteiger partial charge in [-0.2, -0.15) is 9.78 Å². The van der Waals surface area contributed by atoms with E-state index in [0.717, 1.165) is 36.8 Å². The van der Waals surface area contributed by atoms with Crippen molar-refractivity contribution in [2.75, 3.05) is 38.7 Å². The summed E-state index contributed by atoms with van der Waals surface area (Å²) in [6.07, 6.45) is 5.00. The summed E-state index contributed by atoms with van der Waals surface area (Å²) in [5, 5.41) is 7.55. The first-order chi connectivity index (χ1) is 22.4. The number of methoxy groups -OCH3 is 1. The first kappa shape index (κ1) is 30.7. The lowest BCUT2D eigenvalue weighted by Gasteiger charge is -2.16. The highest BCUT2D eigenvalue weighted by Gasteiger charge is 2.18. The molecule has 0 saturated carbocycles. The van der Waals surface area contributed by atoms with Gasteiger partial charge < -0.3 is 24.4 Å². The zero-order valence-corrected chi connectivity index (χ0v) is 25.7. The molecule has 10 nitrogen and oxygen atoms in total. The van der Waals surface area contributed by atoms with E-state index in [0.29, 0.717) is 46.0 Å². The number of pyridine rings is 1. The molecule has 1 fully saturated rings. The zero-order valence-electron chi connectivity index (χ0n) is 25.7. The number of fused-ring (bicyclic) bond motifs is 1. The molecule has 1 aliphatic heterocycles. The van der Waals surface area contributed by atoms with Crippen molar-refractivity contribution in [3.63, 3.8) is 0 Å². The zero-order chi connectivity index (χ0) is 32.0. The van der Waals surface area contributed by atoms with Crippen LogP contribution in [0.3, 0.4) is 0 Å². The molecule has 3 heterocycles. The molecule has 11 heteroatoms. The summed E-state index contributed by atoms with van der Waals surface area (Å²) < 4.78 is 34.1. The summed E-state index contributed by atoms with van der Waals surface area (Å²) in [7, 11) is 1.56. The standard InChI is InChI=1S/C35H34FN5O5/c1-23-19-33(42)41(25-9-4-3-5-10-25)39-34(23)35(43)38-24-11-12-30(27(36)20-24)46-29-13-14-37-28-22-32(31(44-2)21-26(28)29)45-18-8-17-40-15-6-7-16-40/h3-5,9-14,19-22H,6-8,15-18H2,1-2H3,(H,38,43). The van der Waals surface area contributed by atoms with Gasteiger partial charge in [0, 0.05) is 42.0 Å². The molecule has 1 saturated heterocycles. The molecular formula is C35H34FN5O5. The van der Waals surface area contributed by atoms with Crippen LogP contribution in [-0.4, -0.2) is 58.9 Å². The molecule has 2 aromatic heterocycles. The highest BCUT2D eigenvalue weighted by atomic mass is 19.1. The number of hydrogen-bond donors (Lipinski definition) is 1. The average molecular weight is 624 g/mol. The predicted molar refractivity (Wildman–Crippen MR) is 173 cm³/mol. The molecule has 3 aromatic carbocycles. The lowest BCUT2D eigenvalue weighted by atomic mass is 10.1. The first-order valence-electron chi connectivity index (χ1n) is 15.2. The Balaban J connectivity index is 1.16. The number of hydrogen-bond acceptors (Lipinski definition) is 8. The third-order valence-corrected chi connectivity index (χ3v) is 7.81. The van der Waals surface area contributed by atoms with Crippen molar-refractivity contribution < 1.29 is 23.4 Å². The number of carbonyl (C=O) groups is 1. The number of amides is 1. The Kier molecular flexibility index (Phi) is 9.20. The highest BCUT2D eigenvalue weighted by molar-refractivity contribution is 6.03. The monoisotopic (exact) mass is 623 g/mol. The molecular weight excluding hydrogens is 589 g/mol. The van der Waals surface area contributed by atoms with Crippen molar-refractivity contribution >= 4 is 22.5 Å². The molecule has 1 amide bonds. The van der Waals surface area contributed by atoms with Crippen LogP contribution in [-0.2, 0) is 0 Å². The van der Waals surface area contributed by atoms with Gasteiger partial charge in [0.1, 0.15) is 5.75 Å². The smallest absolute Gasteiger partial charge is 0.276 e. The van der Waals surface area contributed by atoms with Gasteiger partial charge in [-0.05, 0) is 81.2 Å². The lowest BCUT2D eigenvalue weighted by molar-refractivity contribution is 0.102. The quantitative estimate of drug-likeness (QED) is 0.175. The molecule has 46 heavy (non-hydrogen) atoms. The third kappa shape index (κ3) is 6.84. The minimum absolute atomic E-state index is 0.0383. The molecule has 1 aliphatic rings. The number of aryl methyl sites for hydroxylation is 1. The van der Waals surface area contributed by atoms with Crippen LogP contribution in [0.5, 0.6) is 23.0 Å². The SMILES string of the molecule is COc1cc2c(Oc3ccc(NC(=O)c4nn(-c5ccccc5)c(=O)cc4C)cc3F)ccnc2cc1OCCCN1CCCC1. The number of anilines is 1. The number of likely N-dealkylation sites (tertiary alicyclic amines) is 1. The fourth-order valence-corrected chi connectivity index (χ4v) is 5.46. The number of nitrogens with zero attached hydrogens (tertiary/aromatic N) is 4. The summed E-state index contributed by atoms with van der Waals surface area (Å²) in [5.74, 6) is 0.160. The number of nitrogens with one attached hydrogen (secondary N) is 1. The van der Waals surface area contributed by atoms with E-state index in [1.165, 1.54) is 31.0 Å². The van der Waals surface area contributed by atoms with Crippen molar-refractivity contribution in [3.05, 3.63) is 106 Å². The van der Waals surface area contributed by atoms with Gasteiger partial charge in [0.2, 0.25) is 0 Å². The first-order valence-corrected chi connectivity index (χ1v) is 15.2. The maximum absolute atomic E-state index is 15.3. The summed E-state index contributed by atoms with van der Waals surface area (Å²) in [5.41, 5.74) is 1.39. The molecule has 5 aromatic rings. The average Bonchev–Trinajstić information content (AvgIpc) is 3.58. The van der Waals surface area contributed by atoms with Crippen molar-refractivity contribution in [2.45, 2.75) is 26.2 Å². The largest absolute Gasteiger partial charge is 0.493 e. The van der Waals surface area contributed by atoms with Crippen LogP contribution in [0.1, 0.15) is 35.3 Å². The van der Waals surface area contributed by atoms with Crippen LogP contribution >= 0.6 is 0 Å². The Morgan fingerprint density at radius 3 is 2.52 bits per heavy atom. The number of aromatic nitrogens is 3. The highest BCUT2D eigenvalue weighted by Crippen LogP contribution is 2.38. The van der Waals surface area contributed by atoms with Crippen LogP contribution in [0.4, 0.5) is 10.1 Å². The van der Waals surface area contributed by atoms with E-state index in [-0.39, 0.29) is 22.7 Å². The van der Waals surface area contributed by atoms with Crippen molar-refractivity contribution in [2.24, 2.45) is 0 Å². The number of rotatable bonds is 11. The van der Waals surface area contributed by atoms with Gasteiger partial charge in [0.25, 0.3) is 11.5 Å². The van der Waals surface area contributed by atoms with Gasteiger partial charge >= 0.3 is 0 Å². The van der Waals surface area contributed by atoms with E-state index in [4.69, 9.17) is 14.2 Å². The van der Waals surface area contributed by atoms with Gasteiger partial charge in [0.05, 0.1) is 24.9 Å². The normalized spacial score (nSPS) is 13.1. The van der Waals surface area contributed by atoms with E-state index in [9.17, 15) is 9.59 Å². The van der Waals surface area contributed by atoms with E-state index < -0.39 is 11.7 Å². The van der Waals surface area contributed by atoms with E-state index in [2.05, 4.69) is 20.3 Å². The molecule has 0 spiro atoms. The second-order valence-electron chi connectivity index (χ2n) is 11.0. The topological polar surface area (TPSA) is 108 Å². The molecule has 0 aliphatic carbocycles. The predicted octanol–water partition coefficient (Wildman–Crippen LogP) is 6.15. The fraction of sp³-hybridized carbons (Fsp3) is 0.257. The second kappa shape index (κ2) is 13.8. The van der Waals surface area contributed by atoms with Gasteiger partial charge in [-0.25, -0.2) is 4.39 Å². The number of para-hydroxylation sites is 1. The van der Waals surface area contributed by atoms with Gasteiger partial charge in [-0.1, -0.05) is 18.2 Å². The van der Waals surface area contributed by atoms with Gasteiger partial charge in [0.15, 0.2) is 28.8 Å². The number of ether oxygens (including phenoxy) is 3. The minimum Gasteiger partial charge on any atom is -0.493 e. The Morgan fingerprint density at radius 1 is 0.957 bits per heavy atom. The maximum Gasteiger partial charge on any atom is 0.276 e. The Bertz CT molecular complexity index is 1930. The Hall–Kier alpha value is -5.29. The van der Waals surface area contributed by atoms with Crippen LogP contribution < -0.4 is 25.1 Å². The van der Waals surface area contributed by atoms with E-state index in [1.54, 1.807) is 62.7 Å². The molecule has 0 bridgehead atoms. The Morgan fingerprint density at radius 2 is 1.76 bits per heavy atom. The summed E-state index contributed by atoms with van der Waals surface area (Å²) in [6.45, 7) is 5.46. The molecule has 0 unspecified atom stereocenters. The van der Waals surface area contributed by atoms with Crippen LogP contribution in [0.2, 0.25) is 0 Å². The van der Waals surface area contributed by atoms with Crippen molar-refractivity contribution in [1.82, 2.24) is 19.7 Å². The number of benzene rings is 3. The van der Waals surface area contributed by atoms with Crippen molar-refractivity contribution in [1.29, 1.82) is 0 Å². The van der Waals surface area contributed by atoms with Crippen LogP contribution in [0.15, 0.2) is 83.8 Å². The second-order valence-corrected chi connectivity index (χ2v) is 11.0. The van der Waals surface area contributed by atoms with Crippen LogP contribution in [0.25, 0.3) is 16.6 Å². The maximum atomic E-state index is 15.3. The van der Waals surface area contributed by atoms with E-state index in [1.807, 2.05) is 6.07 Å². The van der Waals surface area contributed by atoms with Gasteiger partial charge in [-0.15, -0.1) is 0 Å². The minimum atomic E-state index is -0.688. The number of halogens is 1. The molecule has 0 atom stereocenters.